The van der Waals surface area contributed by atoms with E-state index >= 15 is 0 Å². The van der Waals surface area contributed by atoms with E-state index in [1.165, 1.54) is 0 Å². The highest BCUT2D eigenvalue weighted by atomic mass is 14.9. The summed E-state index contributed by atoms with van der Waals surface area (Å²) in [5, 5.41) is 4.90. The minimum atomic E-state index is 0.521. The molecule has 3 N–H and O–H groups in total. The van der Waals surface area contributed by atoms with Crippen molar-refractivity contribution >= 4 is 22.4 Å². The molecule has 2 heterocycles. The summed E-state index contributed by atoms with van der Waals surface area (Å²) in [6.07, 6.45) is 3.42. The van der Waals surface area contributed by atoms with Crippen molar-refractivity contribution in [2.45, 2.75) is 0 Å². The summed E-state index contributed by atoms with van der Waals surface area (Å²) in [6, 6.07) is 3.85. The summed E-state index contributed by atoms with van der Waals surface area (Å²) in [7, 11) is 1.83. The number of nitrogens with one attached hydrogen (secondary N) is 1. The molecule has 0 radical (unpaired) electrons. The second kappa shape index (κ2) is 2.90. The summed E-state index contributed by atoms with van der Waals surface area (Å²) in [4.78, 5) is 8.14. The van der Waals surface area contributed by atoms with Gasteiger partial charge in [-0.2, -0.15) is 0 Å². The fraction of sp³-hybridized carbons (Fsp3) is 0.111. The maximum atomic E-state index is 5.68. The number of nitrogen functional groups attached to an aromatic ring is 1. The van der Waals surface area contributed by atoms with Gasteiger partial charge in [0.2, 0.25) is 0 Å². The van der Waals surface area contributed by atoms with Crippen LogP contribution in [0.3, 0.4) is 0 Å². The lowest BCUT2D eigenvalue weighted by Gasteiger charge is -2.02. The summed E-state index contributed by atoms with van der Waals surface area (Å²) >= 11 is 0. The molecule has 66 valence electrons. The Morgan fingerprint density at radius 3 is 3.00 bits per heavy atom. The third-order valence-electron chi connectivity index (χ3n) is 1.94. The highest BCUT2D eigenvalue weighted by molar-refractivity contribution is 5.91. The van der Waals surface area contributed by atoms with Gasteiger partial charge < -0.3 is 11.1 Å². The standard InChI is InChI=1S/C9H10N4/c1-11-8-4-6-2-3-12-9(10)7(6)5-13-8/h2-5H,1H3,(H2,10,12)(H,11,13). The fourth-order valence-electron chi connectivity index (χ4n) is 1.23. The molecule has 0 spiro atoms. The maximum Gasteiger partial charge on any atom is 0.132 e. The normalized spacial score (nSPS) is 10.2. The molecule has 2 rings (SSSR count). The lowest BCUT2D eigenvalue weighted by molar-refractivity contribution is 1.29. The van der Waals surface area contributed by atoms with Crippen LogP contribution >= 0.6 is 0 Å². The first-order chi connectivity index (χ1) is 6.31. The number of hydrogen-bond donors (Lipinski definition) is 2. The first-order valence-electron chi connectivity index (χ1n) is 3.99. The van der Waals surface area contributed by atoms with Gasteiger partial charge in [-0.15, -0.1) is 0 Å². The van der Waals surface area contributed by atoms with Crippen LogP contribution in [0.4, 0.5) is 11.6 Å². The second-order valence-electron chi connectivity index (χ2n) is 2.74. The lowest BCUT2D eigenvalue weighted by atomic mass is 10.2. The Morgan fingerprint density at radius 1 is 1.38 bits per heavy atom. The Labute approximate surface area is 75.8 Å². The Bertz CT molecular complexity index is 439. The molecule has 2 aromatic heterocycles. The van der Waals surface area contributed by atoms with Crippen LogP contribution in [-0.2, 0) is 0 Å². The quantitative estimate of drug-likeness (QED) is 0.683. The number of fused-ring (bicyclic) bond motifs is 1. The summed E-state index contributed by atoms with van der Waals surface area (Å²) in [6.45, 7) is 0. The molecule has 0 bridgehead atoms. The van der Waals surface area contributed by atoms with Gasteiger partial charge in [-0.05, 0) is 17.5 Å². The van der Waals surface area contributed by atoms with Crippen LogP contribution in [0.1, 0.15) is 0 Å². The van der Waals surface area contributed by atoms with Crippen molar-refractivity contribution in [2.75, 3.05) is 18.1 Å². The number of nitrogens with zero attached hydrogens (tertiary/aromatic N) is 2. The van der Waals surface area contributed by atoms with E-state index in [4.69, 9.17) is 5.73 Å². The van der Waals surface area contributed by atoms with Gasteiger partial charge in [-0.1, -0.05) is 0 Å². The lowest BCUT2D eigenvalue weighted by Crippen LogP contribution is -1.94. The van der Waals surface area contributed by atoms with Crippen molar-refractivity contribution < 1.29 is 0 Å². The minimum Gasteiger partial charge on any atom is -0.383 e. The third kappa shape index (κ3) is 1.26. The van der Waals surface area contributed by atoms with Gasteiger partial charge in [-0.3, -0.25) is 0 Å². The fourth-order valence-corrected chi connectivity index (χ4v) is 1.23. The predicted molar refractivity (Wildman–Crippen MR) is 53.5 cm³/mol. The van der Waals surface area contributed by atoms with E-state index in [-0.39, 0.29) is 0 Å². The number of pyridine rings is 2. The first-order valence-corrected chi connectivity index (χ1v) is 3.99. The molecule has 0 aromatic carbocycles. The monoisotopic (exact) mass is 174 g/mol. The second-order valence-corrected chi connectivity index (χ2v) is 2.74. The Hall–Kier alpha value is -1.84. The van der Waals surface area contributed by atoms with Crippen LogP contribution in [-0.4, -0.2) is 17.0 Å². The van der Waals surface area contributed by atoms with Crippen LogP contribution in [0.2, 0.25) is 0 Å². The zero-order valence-electron chi connectivity index (χ0n) is 7.28. The Morgan fingerprint density at radius 2 is 2.23 bits per heavy atom. The van der Waals surface area contributed by atoms with Gasteiger partial charge in [0.05, 0.1) is 0 Å². The van der Waals surface area contributed by atoms with E-state index in [0.29, 0.717) is 5.82 Å². The van der Waals surface area contributed by atoms with Gasteiger partial charge >= 0.3 is 0 Å². The highest BCUT2D eigenvalue weighted by Gasteiger charge is 1.99. The van der Waals surface area contributed by atoms with Crippen molar-refractivity contribution in [3.8, 4) is 0 Å². The van der Waals surface area contributed by atoms with Gasteiger partial charge in [0.15, 0.2) is 0 Å². The van der Waals surface area contributed by atoms with Crippen LogP contribution in [0.25, 0.3) is 10.8 Å². The van der Waals surface area contributed by atoms with E-state index in [1.54, 1.807) is 12.4 Å². The molecule has 0 aliphatic carbocycles. The maximum absolute atomic E-state index is 5.68. The predicted octanol–water partition coefficient (Wildman–Crippen LogP) is 1.25. The van der Waals surface area contributed by atoms with Crippen molar-refractivity contribution in [3.05, 3.63) is 24.5 Å². The molecule has 0 unspecified atom stereocenters. The molecule has 0 atom stereocenters. The molecular weight excluding hydrogens is 164 g/mol. The van der Waals surface area contributed by atoms with E-state index in [0.717, 1.165) is 16.6 Å². The number of nitrogens with two attached hydrogens (primary N) is 1. The molecule has 0 fully saturated rings. The number of rotatable bonds is 1. The molecule has 0 aliphatic heterocycles. The molecule has 2 aromatic rings. The average molecular weight is 174 g/mol. The number of anilines is 2. The smallest absolute Gasteiger partial charge is 0.132 e. The van der Waals surface area contributed by atoms with E-state index in [1.807, 2.05) is 19.2 Å². The molecule has 0 saturated carbocycles. The summed E-state index contributed by atoms with van der Waals surface area (Å²) in [5.41, 5.74) is 5.68. The first kappa shape index (κ1) is 7.79. The van der Waals surface area contributed by atoms with Gasteiger partial charge in [0, 0.05) is 24.8 Å². The van der Waals surface area contributed by atoms with Crippen LogP contribution in [0, 0.1) is 0 Å². The van der Waals surface area contributed by atoms with Crippen LogP contribution in [0.5, 0.6) is 0 Å². The van der Waals surface area contributed by atoms with E-state index < -0.39 is 0 Å². The molecule has 13 heavy (non-hydrogen) atoms. The SMILES string of the molecule is CNc1cc2ccnc(N)c2cn1. The minimum absolute atomic E-state index is 0.521. The average Bonchev–Trinajstić information content (AvgIpc) is 2.18. The van der Waals surface area contributed by atoms with E-state index in [2.05, 4.69) is 15.3 Å². The number of aromatic nitrogens is 2. The van der Waals surface area contributed by atoms with Crippen LogP contribution < -0.4 is 11.1 Å². The Balaban J connectivity index is 2.72. The van der Waals surface area contributed by atoms with E-state index in [9.17, 15) is 0 Å². The van der Waals surface area contributed by atoms with Gasteiger partial charge in [0.25, 0.3) is 0 Å². The van der Waals surface area contributed by atoms with Crippen molar-refractivity contribution in [1.29, 1.82) is 0 Å². The summed E-state index contributed by atoms with van der Waals surface area (Å²) < 4.78 is 0. The van der Waals surface area contributed by atoms with Crippen LogP contribution in [0.15, 0.2) is 24.5 Å². The molecule has 4 nitrogen and oxygen atoms in total. The van der Waals surface area contributed by atoms with Crippen molar-refractivity contribution in [2.24, 2.45) is 0 Å². The third-order valence-corrected chi connectivity index (χ3v) is 1.94. The number of hydrogen-bond acceptors (Lipinski definition) is 4. The zero-order valence-corrected chi connectivity index (χ0v) is 7.28. The van der Waals surface area contributed by atoms with Gasteiger partial charge in [0.1, 0.15) is 11.6 Å². The molecular formula is C9H10N4. The van der Waals surface area contributed by atoms with Gasteiger partial charge in [-0.25, -0.2) is 9.97 Å². The molecule has 0 aliphatic rings. The van der Waals surface area contributed by atoms with Crippen molar-refractivity contribution in [1.82, 2.24) is 9.97 Å². The zero-order chi connectivity index (χ0) is 9.26. The molecule has 4 heteroatoms. The molecule has 0 amide bonds. The summed E-state index contributed by atoms with van der Waals surface area (Å²) in [5.74, 6) is 1.35. The molecule has 0 saturated heterocycles. The Kier molecular flexibility index (Phi) is 1.73. The topological polar surface area (TPSA) is 63.8 Å². The highest BCUT2D eigenvalue weighted by Crippen LogP contribution is 2.19. The van der Waals surface area contributed by atoms with Crippen molar-refractivity contribution in [3.63, 3.8) is 0 Å². The largest absolute Gasteiger partial charge is 0.383 e.